The van der Waals surface area contributed by atoms with Crippen molar-refractivity contribution in [3.05, 3.63) is 70.3 Å². The van der Waals surface area contributed by atoms with Crippen LogP contribution < -0.4 is 5.73 Å². The van der Waals surface area contributed by atoms with Crippen molar-refractivity contribution in [1.82, 2.24) is 9.80 Å². The number of amides is 1. The van der Waals surface area contributed by atoms with Crippen molar-refractivity contribution in [1.29, 1.82) is 0 Å². The molecule has 2 aliphatic heterocycles. The number of aliphatic hydroxyl groups is 1. The average molecular weight is 476 g/mol. The van der Waals surface area contributed by atoms with E-state index in [0.717, 1.165) is 49.4 Å². The van der Waals surface area contributed by atoms with Gasteiger partial charge in [-0.3, -0.25) is 9.69 Å². The Morgan fingerprint density at radius 3 is 2.31 bits per heavy atom. The summed E-state index contributed by atoms with van der Waals surface area (Å²) in [5.74, 6) is 0.893. The SMILES string of the molecule is NC1CCC1.O=C1c2cc(CC3CCC3)ccc2CCN1CC(O)CN1CCc2ccccc2C1. The Hall–Kier alpha value is -2.21. The van der Waals surface area contributed by atoms with E-state index in [-0.39, 0.29) is 5.91 Å². The van der Waals surface area contributed by atoms with Crippen molar-refractivity contribution < 1.29 is 9.90 Å². The monoisotopic (exact) mass is 475 g/mol. The highest BCUT2D eigenvalue weighted by Crippen LogP contribution is 2.31. The third-order valence-electron chi connectivity index (χ3n) is 8.35. The number of nitrogens with two attached hydrogens (primary N) is 1. The number of hydrogen-bond acceptors (Lipinski definition) is 4. The normalized spacial score (nSPS) is 21.2. The second kappa shape index (κ2) is 11.2. The number of fused-ring (bicyclic) bond motifs is 2. The van der Waals surface area contributed by atoms with Crippen LogP contribution in [-0.2, 0) is 25.8 Å². The molecule has 2 aromatic rings. The van der Waals surface area contributed by atoms with Gasteiger partial charge in [-0.1, -0.05) is 62.1 Å². The van der Waals surface area contributed by atoms with Crippen molar-refractivity contribution in [2.45, 2.75) is 76.5 Å². The summed E-state index contributed by atoms with van der Waals surface area (Å²) in [5, 5.41) is 10.7. The van der Waals surface area contributed by atoms with E-state index in [1.165, 1.54) is 55.2 Å². The van der Waals surface area contributed by atoms with Gasteiger partial charge in [-0.05, 0) is 66.3 Å². The Morgan fingerprint density at radius 1 is 0.914 bits per heavy atom. The van der Waals surface area contributed by atoms with E-state index in [0.29, 0.717) is 25.7 Å². The number of carbonyl (C=O) groups excluding carboxylic acids is 1. The van der Waals surface area contributed by atoms with E-state index in [4.69, 9.17) is 5.73 Å². The molecule has 2 heterocycles. The first kappa shape index (κ1) is 24.5. The van der Waals surface area contributed by atoms with Gasteiger partial charge in [-0.2, -0.15) is 0 Å². The lowest BCUT2D eigenvalue weighted by Gasteiger charge is -2.34. The zero-order valence-electron chi connectivity index (χ0n) is 21.0. The minimum Gasteiger partial charge on any atom is -0.390 e. The van der Waals surface area contributed by atoms with E-state index < -0.39 is 6.10 Å². The van der Waals surface area contributed by atoms with Crippen LogP contribution in [-0.4, -0.2) is 59.1 Å². The Kier molecular flexibility index (Phi) is 7.86. The summed E-state index contributed by atoms with van der Waals surface area (Å²) in [6.45, 7) is 3.59. The molecule has 5 nitrogen and oxygen atoms in total. The van der Waals surface area contributed by atoms with Gasteiger partial charge in [-0.25, -0.2) is 0 Å². The molecule has 2 fully saturated rings. The molecule has 6 rings (SSSR count). The molecule has 1 unspecified atom stereocenters. The minimum atomic E-state index is -0.515. The summed E-state index contributed by atoms with van der Waals surface area (Å²) in [7, 11) is 0. The average Bonchev–Trinajstić information content (AvgIpc) is 2.82. The highest BCUT2D eigenvalue weighted by Gasteiger charge is 2.28. The second-order valence-corrected chi connectivity index (χ2v) is 11.1. The molecule has 1 amide bonds. The van der Waals surface area contributed by atoms with Crippen LogP contribution in [0.4, 0.5) is 0 Å². The number of rotatable bonds is 6. The van der Waals surface area contributed by atoms with Crippen molar-refractivity contribution in [2.75, 3.05) is 26.2 Å². The Balaban J connectivity index is 0.000000453. The van der Waals surface area contributed by atoms with E-state index >= 15 is 0 Å². The highest BCUT2D eigenvalue weighted by atomic mass is 16.3. The summed E-state index contributed by atoms with van der Waals surface area (Å²) in [6.07, 6.45) is 10.4. The number of nitrogens with zero attached hydrogens (tertiary/aromatic N) is 2. The van der Waals surface area contributed by atoms with Gasteiger partial charge in [0, 0.05) is 44.3 Å². The van der Waals surface area contributed by atoms with E-state index in [1.54, 1.807) is 0 Å². The molecule has 0 saturated heterocycles. The molecule has 0 bridgehead atoms. The third-order valence-corrected chi connectivity index (χ3v) is 8.35. The fourth-order valence-electron chi connectivity index (χ4n) is 5.66. The molecule has 0 radical (unpaired) electrons. The smallest absolute Gasteiger partial charge is 0.254 e. The largest absolute Gasteiger partial charge is 0.390 e. The van der Waals surface area contributed by atoms with Crippen LogP contribution in [0.25, 0.3) is 0 Å². The molecular weight excluding hydrogens is 434 g/mol. The fourth-order valence-corrected chi connectivity index (χ4v) is 5.66. The van der Waals surface area contributed by atoms with Gasteiger partial charge in [-0.15, -0.1) is 0 Å². The van der Waals surface area contributed by atoms with Gasteiger partial charge in [0.15, 0.2) is 0 Å². The van der Waals surface area contributed by atoms with Crippen molar-refractivity contribution in [2.24, 2.45) is 11.7 Å². The summed E-state index contributed by atoms with van der Waals surface area (Å²) in [6, 6.07) is 15.6. The molecule has 0 spiro atoms. The van der Waals surface area contributed by atoms with Crippen LogP contribution in [0.15, 0.2) is 42.5 Å². The number of benzene rings is 2. The summed E-state index contributed by atoms with van der Waals surface area (Å²) >= 11 is 0. The summed E-state index contributed by atoms with van der Waals surface area (Å²) < 4.78 is 0. The topological polar surface area (TPSA) is 69.8 Å². The lowest BCUT2D eigenvalue weighted by molar-refractivity contribution is 0.0492. The lowest BCUT2D eigenvalue weighted by Crippen LogP contribution is -2.46. The predicted molar refractivity (Wildman–Crippen MR) is 140 cm³/mol. The molecule has 0 aromatic heterocycles. The standard InChI is InChI=1S/C26H32N2O2.C4H9N/c29-24(17-27-12-10-21-6-1-2-7-23(21)16-27)18-28-13-11-22-9-8-20(14-19-4-3-5-19)15-25(22)26(28)30;5-4-2-1-3-4/h1-2,6-9,15,19,24,29H,3-5,10-14,16-18H2;4H,1-3,5H2. The predicted octanol–water partition coefficient (Wildman–Crippen LogP) is 3.94. The maximum Gasteiger partial charge on any atom is 0.254 e. The van der Waals surface area contributed by atoms with Crippen LogP contribution in [0.1, 0.15) is 71.1 Å². The van der Waals surface area contributed by atoms with Crippen LogP contribution in [0, 0.1) is 5.92 Å². The van der Waals surface area contributed by atoms with Crippen molar-refractivity contribution >= 4 is 5.91 Å². The quantitative estimate of drug-likeness (QED) is 0.664. The Labute approximate surface area is 210 Å². The van der Waals surface area contributed by atoms with Gasteiger partial charge < -0.3 is 15.7 Å². The molecule has 188 valence electrons. The van der Waals surface area contributed by atoms with Gasteiger partial charge in [0.1, 0.15) is 0 Å². The first-order chi connectivity index (χ1) is 17.0. The van der Waals surface area contributed by atoms with Crippen LogP contribution in [0.2, 0.25) is 0 Å². The summed E-state index contributed by atoms with van der Waals surface area (Å²) in [4.78, 5) is 17.3. The molecule has 2 saturated carbocycles. The number of carbonyl (C=O) groups is 1. The number of aliphatic hydroxyl groups excluding tert-OH is 1. The lowest BCUT2D eigenvalue weighted by atomic mass is 9.80. The molecule has 2 aliphatic carbocycles. The van der Waals surface area contributed by atoms with Crippen molar-refractivity contribution in [3.63, 3.8) is 0 Å². The molecule has 4 aliphatic rings. The number of β-amino-alcohol motifs (C(OH)–C–C–N with tert-alkyl or cyclic N) is 1. The molecule has 3 N–H and O–H groups in total. The zero-order chi connectivity index (χ0) is 24.2. The van der Waals surface area contributed by atoms with Crippen LogP contribution >= 0.6 is 0 Å². The second-order valence-electron chi connectivity index (χ2n) is 11.1. The van der Waals surface area contributed by atoms with E-state index in [2.05, 4.69) is 47.4 Å². The number of hydrogen-bond donors (Lipinski definition) is 2. The Morgan fingerprint density at radius 2 is 1.63 bits per heavy atom. The third kappa shape index (κ3) is 6.14. The fraction of sp³-hybridized carbons (Fsp3) is 0.567. The maximum absolute atomic E-state index is 13.1. The van der Waals surface area contributed by atoms with E-state index in [9.17, 15) is 9.90 Å². The van der Waals surface area contributed by atoms with Crippen LogP contribution in [0.3, 0.4) is 0 Å². The Bertz CT molecular complexity index is 1010. The highest BCUT2D eigenvalue weighted by molar-refractivity contribution is 5.97. The molecule has 35 heavy (non-hydrogen) atoms. The van der Waals surface area contributed by atoms with Gasteiger partial charge >= 0.3 is 0 Å². The first-order valence-electron chi connectivity index (χ1n) is 13.7. The molecule has 2 aromatic carbocycles. The van der Waals surface area contributed by atoms with Gasteiger partial charge in [0.2, 0.25) is 0 Å². The minimum absolute atomic E-state index is 0.0924. The van der Waals surface area contributed by atoms with Crippen molar-refractivity contribution in [3.8, 4) is 0 Å². The molecule has 1 atom stereocenters. The molecular formula is C30H41N3O2. The first-order valence-corrected chi connectivity index (χ1v) is 13.7. The van der Waals surface area contributed by atoms with Crippen LogP contribution in [0.5, 0.6) is 0 Å². The van der Waals surface area contributed by atoms with Gasteiger partial charge in [0.25, 0.3) is 5.91 Å². The zero-order valence-corrected chi connectivity index (χ0v) is 21.0. The van der Waals surface area contributed by atoms with E-state index in [1.807, 2.05) is 4.90 Å². The summed E-state index contributed by atoms with van der Waals surface area (Å²) in [5.41, 5.74) is 11.5. The molecule has 5 heteroatoms. The maximum atomic E-state index is 13.1. The van der Waals surface area contributed by atoms with Gasteiger partial charge in [0.05, 0.1) is 6.10 Å².